The van der Waals surface area contributed by atoms with Crippen molar-refractivity contribution >= 4 is 45.2 Å². The maximum absolute atomic E-state index is 6.80. The van der Waals surface area contributed by atoms with Gasteiger partial charge in [0.15, 0.2) is 0 Å². The summed E-state index contributed by atoms with van der Waals surface area (Å²) < 4.78 is 0. The van der Waals surface area contributed by atoms with Crippen LogP contribution in [0.2, 0.25) is 6.04 Å². The Balaban J connectivity index is 0.000000735. The van der Waals surface area contributed by atoms with Gasteiger partial charge in [0.05, 0.1) is 0 Å². The van der Waals surface area contributed by atoms with Crippen LogP contribution in [0.15, 0.2) is 42.5 Å². The fourth-order valence-electron chi connectivity index (χ4n) is 3.24. The van der Waals surface area contributed by atoms with E-state index >= 15 is 0 Å². The van der Waals surface area contributed by atoms with Crippen LogP contribution in [0, 0.1) is 0 Å². The Morgan fingerprint density at radius 1 is 1.29 bits per heavy atom. The number of benzene rings is 1. The number of hydrogen-bond acceptors (Lipinski definition) is 0. The minimum atomic E-state index is -1.66. The van der Waals surface area contributed by atoms with Crippen LogP contribution < -0.4 is 35.2 Å². The molecule has 1 atom stereocenters. The monoisotopic (exact) mass is 429 g/mol. The maximum Gasteiger partial charge on any atom is 3.00 e. The van der Waals surface area contributed by atoms with Crippen molar-refractivity contribution in [1.82, 2.24) is 0 Å². The smallest absolute Gasteiger partial charge is 1.00 e. The summed E-state index contributed by atoms with van der Waals surface area (Å²) in [7, 11) is -1.66. The fourth-order valence-corrected chi connectivity index (χ4v) is 7.45. The zero-order valence-electron chi connectivity index (χ0n) is 11.6. The Morgan fingerprint density at radius 3 is 2.67 bits per heavy atom. The number of rotatable bonds is 2. The molecule has 4 rings (SSSR count). The van der Waals surface area contributed by atoms with E-state index in [1.165, 1.54) is 32.3 Å². The van der Waals surface area contributed by atoms with Crippen LogP contribution in [-0.2, 0) is 26.2 Å². The molecule has 1 heterocycles. The number of allylic oxidation sites excluding steroid dienone is 4. The summed E-state index contributed by atoms with van der Waals surface area (Å²) in [5.41, 5.74) is 2.84. The molecule has 0 amide bonds. The van der Waals surface area contributed by atoms with E-state index in [2.05, 4.69) is 49.4 Å². The van der Waals surface area contributed by atoms with Crippen LogP contribution in [0.4, 0.5) is 0 Å². The number of fused-ring (bicyclic) bond motifs is 3. The van der Waals surface area contributed by atoms with E-state index in [-0.39, 0.29) is 51.0 Å². The van der Waals surface area contributed by atoms with E-state index < -0.39 is 7.38 Å². The van der Waals surface area contributed by atoms with Crippen LogP contribution in [0.25, 0.3) is 16.3 Å². The molecule has 1 radical (unpaired) electrons. The molecule has 0 aromatic heterocycles. The Labute approximate surface area is 162 Å². The molecular formula is C16H14Cl3SiZr. The van der Waals surface area contributed by atoms with Gasteiger partial charge >= 0.3 is 26.2 Å². The van der Waals surface area contributed by atoms with Gasteiger partial charge in [-0.15, -0.1) is 39.3 Å². The predicted octanol–water partition coefficient (Wildman–Crippen LogP) is -2.46. The first-order chi connectivity index (χ1) is 8.75. The molecule has 1 aliphatic carbocycles. The van der Waals surface area contributed by atoms with E-state index in [9.17, 15) is 0 Å². The second-order valence-electron chi connectivity index (χ2n) is 5.18. The van der Waals surface area contributed by atoms with Crippen molar-refractivity contribution in [3.63, 3.8) is 0 Å². The van der Waals surface area contributed by atoms with Gasteiger partial charge in [0.25, 0.3) is 0 Å². The molecule has 0 saturated heterocycles. The van der Waals surface area contributed by atoms with Gasteiger partial charge < -0.3 is 24.8 Å². The first-order valence-corrected chi connectivity index (χ1v) is 9.76. The van der Waals surface area contributed by atoms with Gasteiger partial charge in [-0.25, -0.2) is 0 Å². The van der Waals surface area contributed by atoms with E-state index in [4.69, 9.17) is 11.1 Å². The molecular weight excluding hydrogens is 418 g/mol. The molecule has 0 spiro atoms. The summed E-state index contributed by atoms with van der Waals surface area (Å²) in [5, 5.41) is 5.83. The average molecular weight is 432 g/mol. The first-order valence-electron chi connectivity index (χ1n) is 6.54. The fraction of sp³-hybridized carbons (Fsp3) is 0.188. The topological polar surface area (TPSA) is 0 Å². The van der Waals surface area contributed by atoms with Gasteiger partial charge in [0.1, 0.15) is 7.38 Å². The molecule has 2 aromatic carbocycles. The van der Waals surface area contributed by atoms with Crippen molar-refractivity contribution in [2.75, 3.05) is 0 Å². The molecule has 2 aliphatic rings. The van der Waals surface area contributed by atoms with Crippen molar-refractivity contribution in [3.8, 4) is 0 Å². The van der Waals surface area contributed by atoms with Crippen LogP contribution >= 0.6 is 11.1 Å². The van der Waals surface area contributed by atoms with Gasteiger partial charge in [-0.3, -0.25) is 0 Å². The molecule has 1 aliphatic heterocycles. The second-order valence-corrected chi connectivity index (χ2v) is 10.5. The Kier molecular flexibility index (Phi) is 6.26. The predicted molar refractivity (Wildman–Crippen MR) is 82.6 cm³/mol. The van der Waals surface area contributed by atoms with Crippen molar-refractivity contribution in [2.45, 2.75) is 19.4 Å². The summed E-state index contributed by atoms with van der Waals surface area (Å²) in [6.07, 6.45) is 7.67. The third-order valence-corrected chi connectivity index (χ3v) is 9.54. The summed E-state index contributed by atoms with van der Waals surface area (Å²) in [6, 6.07) is 10.1. The molecule has 5 heteroatoms. The molecule has 2 aromatic rings. The van der Waals surface area contributed by atoms with E-state index in [1.54, 1.807) is 0 Å². The quantitative estimate of drug-likeness (QED) is 0.281. The first kappa shape index (κ1) is 19.3. The van der Waals surface area contributed by atoms with E-state index in [0.29, 0.717) is 0 Å². The third-order valence-electron chi connectivity index (χ3n) is 4.28. The SMILES string of the molecule is CC[Si]1(Cl)c2[cH-]c3cccc(C4=CC=CC4)c3c21.[Cl-].[Cl-].[Zr+3]. The van der Waals surface area contributed by atoms with Crippen molar-refractivity contribution < 1.29 is 51.0 Å². The molecule has 107 valence electrons. The molecule has 0 bridgehead atoms. The van der Waals surface area contributed by atoms with Gasteiger partial charge in [-0.05, 0) is 18.0 Å². The van der Waals surface area contributed by atoms with Crippen molar-refractivity contribution in [3.05, 3.63) is 48.1 Å². The summed E-state index contributed by atoms with van der Waals surface area (Å²) in [6.45, 7) is 2.23. The van der Waals surface area contributed by atoms with Crippen LogP contribution in [0.1, 0.15) is 18.9 Å². The number of hydrogen-bond donors (Lipinski definition) is 0. The standard InChI is InChI=1S/C16H14ClSi.2ClH.Zr/c1-2-18(17)14-10-12-8-5-9-13(15(12)16(14)18)11-6-3-4-7-11;;;/h3-6,8-10H,2,7H2,1H3;2*1H;/q-1;;;+3/p-2. The molecule has 0 N–H and O–H groups in total. The second kappa shape index (κ2) is 6.81. The summed E-state index contributed by atoms with van der Waals surface area (Å²) in [5.74, 6) is 0. The minimum Gasteiger partial charge on any atom is -1.00 e. The maximum atomic E-state index is 6.80. The zero-order valence-corrected chi connectivity index (χ0v) is 17.3. The molecule has 1 unspecified atom stereocenters. The van der Waals surface area contributed by atoms with Gasteiger partial charge in [-0.2, -0.15) is 11.1 Å². The van der Waals surface area contributed by atoms with Gasteiger partial charge in [0.2, 0.25) is 0 Å². The normalized spacial score (nSPS) is 21.0. The Morgan fingerprint density at radius 2 is 2.05 bits per heavy atom. The van der Waals surface area contributed by atoms with Crippen molar-refractivity contribution in [2.24, 2.45) is 0 Å². The Bertz CT molecular complexity index is 732. The van der Waals surface area contributed by atoms with Gasteiger partial charge in [-0.1, -0.05) is 36.8 Å². The molecule has 0 nitrogen and oxygen atoms in total. The average Bonchev–Trinajstić information content (AvgIpc) is 2.89. The molecule has 21 heavy (non-hydrogen) atoms. The van der Waals surface area contributed by atoms with Crippen LogP contribution in [-0.4, -0.2) is 7.38 Å². The minimum absolute atomic E-state index is 0. The van der Waals surface area contributed by atoms with E-state index in [1.807, 2.05) is 0 Å². The summed E-state index contributed by atoms with van der Waals surface area (Å²) in [4.78, 5) is 0. The van der Waals surface area contributed by atoms with Crippen molar-refractivity contribution in [1.29, 1.82) is 0 Å². The zero-order chi connectivity index (χ0) is 12.3. The largest absolute Gasteiger partial charge is 3.00 e. The molecule has 0 fully saturated rings. The Hall–Kier alpha value is 0.280. The molecule has 0 saturated carbocycles. The van der Waals surface area contributed by atoms with Crippen LogP contribution in [0.5, 0.6) is 0 Å². The van der Waals surface area contributed by atoms with Gasteiger partial charge in [0, 0.05) is 0 Å². The third kappa shape index (κ3) is 2.68. The number of halogens is 3. The van der Waals surface area contributed by atoms with E-state index in [0.717, 1.165) is 12.5 Å². The van der Waals surface area contributed by atoms with Crippen LogP contribution in [0.3, 0.4) is 0 Å². The summed E-state index contributed by atoms with van der Waals surface area (Å²) >= 11 is 6.80.